The van der Waals surface area contributed by atoms with Crippen LogP contribution < -0.4 is 0 Å². The molecule has 0 bridgehead atoms. The number of rotatable bonds is 2. The van der Waals surface area contributed by atoms with Gasteiger partial charge in [-0.2, -0.15) is 0 Å². The number of benzene rings is 2. The Morgan fingerprint density at radius 3 is 2.60 bits per heavy atom. The van der Waals surface area contributed by atoms with E-state index in [1.165, 1.54) is 0 Å². The summed E-state index contributed by atoms with van der Waals surface area (Å²) in [5.74, 6) is 0. The topological polar surface area (TPSA) is 33.1 Å². The third kappa shape index (κ3) is 2.47. The van der Waals surface area contributed by atoms with Gasteiger partial charge in [0.05, 0.1) is 5.52 Å². The smallest absolute Gasteiger partial charge is 0.104 e. The Labute approximate surface area is 126 Å². The molecule has 1 aromatic heterocycles. The lowest BCUT2D eigenvalue weighted by Crippen LogP contribution is -2.00. The average Bonchev–Trinajstić information content (AvgIpc) is 2.49. The first-order chi connectivity index (χ1) is 9.65. The third-order valence-corrected chi connectivity index (χ3v) is 4.31. The third-order valence-electron chi connectivity index (χ3n) is 3.45. The van der Waals surface area contributed by atoms with Gasteiger partial charge in [-0.25, -0.2) is 0 Å². The van der Waals surface area contributed by atoms with Crippen LogP contribution in [0.5, 0.6) is 0 Å². The Hall–Kier alpha value is -1.71. The van der Waals surface area contributed by atoms with Crippen LogP contribution in [0, 0.1) is 6.92 Å². The number of aryl methyl sites for hydroxylation is 1. The van der Waals surface area contributed by atoms with Gasteiger partial charge in [-0.3, -0.25) is 4.98 Å². The van der Waals surface area contributed by atoms with Crippen molar-refractivity contribution >= 4 is 26.8 Å². The minimum atomic E-state index is -0.628. The van der Waals surface area contributed by atoms with Crippen molar-refractivity contribution in [1.29, 1.82) is 0 Å². The van der Waals surface area contributed by atoms with Crippen LogP contribution >= 0.6 is 15.9 Å². The molecule has 0 saturated carbocycles. The number of hydrogen-bond acceptors (Lipinski definition) is 2. The van der Waals surface area contributed by atoms with Crippen LogP contribution in [-0.2, 0) is 0 Å². The van der Waals surface area contributed by atoms with Gasteiger partial charge < -0.3 is 5.11 Å². The lowest BCUT2D eigenvalue weighted by Gasteiger charge is -2.13. The monoisotopic (exact) mass is 327 g/mol. The number of aromatic nitrogens is 1. The number of nitrogens with zero attached hydrogens (tertiary/aromatic N) is 1. The normalized spacial score (nSPS) is 12.6. The summed E-state index contributed by atoms with van der Waals surface area (Å²) < 4.78 is 1.01. The minimum Gasteiger partial charge on any atom is -0.384 e. The van der Waals surface area contributed by atoms with Crippen molar-refractivity contribution in [3.63, 3.8) is 0 Å². The largest absolute Gasteiger partial charge is 0.384 e. The maximum absolute atomic E-state index is 10.5. The Morgan fingerprint density at radius 2 is 1.80 bits per heavy atom. The number of hydrogen-bond donors (Lipinski definition) is 1. The Kier molecular flexibility index (Phi) is 3.55. The van der Waals surface area contributed by atoms with Crippen molar-refractivity contribution in [2.45, 2.75) is 13.0 Å². The standard InChI is InChI=1S/C17H14BrNO/c1-11-4-5-14(10-15(11)18)17(20)13-6-7-16-12(9-13)3-2-8-19-16/h2-10,17,20H,1H3. The van der Waals surface area contributed by atoms with Gasteiger partial charge in [-0.15, -0.1) is 0 Å². The van der Waals surface area contributed by atoms with Crippen LogP contribution in [0.15, 0.2) is 59.2 Å². The summed E-state index contributed by atoms with van der Waals surface area (Å²) in [5, 5.41) is 11.6. The molecule has 2 aromatic carbocycles. The summed E-state index contributed by atoms with van der Waals surface area (Å²) in [7, 11) is 0. The van der Waals surface area contributed by atoms with Crippen LogP contribution in [-0.4, -0.2) is 10.1 Å². The first-order valence-electron chi connectivity index (χ1n) is 6.44. The molecule has 1 heterocycles. The zero-order valence-electron chi connectivity index (χ0n) is 11.0. The molecule has 1 N–H and O–H groups in total. The van der Waals surface area contributed by atoms with E-state index >= 15 is 0 Å². The van der Waals surface area contributed by atoms with Gasteiger partial charge in [0.15, 0.2) is 0 Å². The molecule has 0 aliphatic rings. The van der Waals surface area contributed by atoms with Crippen molar-refractivity contribution < 1.29 is 5.11 Å². The van der Waals surface area contributed by atoms with Crippen molar-refractivity contribution in [3.05, 3.63) is 75.9 Å². The molecule has 0 spiro atoms. The second kappa shape index (κ2) is 5.35. The second-order valence-corrected chi connectivity index (χ2v) is 5.72. The van der Waals surface area contributed by atoms with E-state index in [-0.39, 0.29) is 0 Å². The Bertz CT molecular complexity index is 770. The summed E-state index contributed by atoms with van der Waals surface area (Å²) in [6.07, 6.45) is 1.15. The lowest BCUT2D eigenvalue weighted by molar-refractivity contribution is 0.220. The van der Waals surface area contributed by atoms with Crippen molar-refractivity contribution in [3.8, 4) is 0 Å². The molecule has 3 aromatic rings. The van der Waals surface area contributed by atoms with E-state index in [0.29, 0.717) is 0 Å². The molecule has 0 amide bonds. The van der Waals surface area contributed by atoms with Gasteiger partial charge in [0.1, 0.15) is 6.10 Å². The lowest BCUT2D eigenvalue weighted by atomic mass is 9.99. The van der Waals surface area contributed by atoms with E-state index in [4.69, 9.17) is 0 Å². The van der Waals surface area contributed by atoms with Crippen LogP contribution in [0.25, 0.3) is 10.9 Å². The summed E-state index contributed by atoms with van der Waals surface area (Å²) in [6.45, 7) is 2.03. The first kappa shape index (κ1) is 13.3. The summed E-state index contributed by atoms with van der Waals surface area (Å²) in [5.41, 5.74) is 3.85. The molecule has 1 unspecified atom stereocenters. The zero-order valence-corrected chi connectivity index (χ0v) is 12.6. The molecule has 0 aliphatic heterocycles. The SMILES string of the molecule is Cc1ccc(C(O)c2ccc3ncccc3c2)cc1Br. The van der Waals surface area contributed by atoms with Crippen LogP contribution in [0.2, 0.25) is 0 Å². The molecule has 100 valence electrons. The fourth-order valence-corrected chi connectivity index (χ4v) is 2.63. The highest BCUT2D eigenvalue weighted by molar-refractivity contribution is 9.10. The first-order valence-corrected chi connectivity index (χ1v) is 7.23. The van der Waals surface area contributed by atoms with E-state index in [0.717, 1.165) is 32.1 Å². The average molecular weight is 328 g/mol. The molecular formula is C17H14BrNO. The molecule has 0 radical (unpaired) electrons. The Morgan fingerprint density at radius 1 is 1.05 bits per heavy atom. The highest BCUT2D eigenvalue weighted by Gasteiger charge is 2.12. The number of aliphatic hydroxyl groups is 1. The highest BCUT2D eigenvalue weighted by atomic mass is 79.9. The predicted molar refractivity (Wildman–Crippen MR) is 84.7 cm³/mol. The Balaban J connectivity index is 2.02. The van der Waals surface area contributed by atoms with Crippen molar-refractivity contribution in [2.75, 3.05) is 0 Å². The molecule has 2 nitrogen and oxygen atoms in total. The maximum Gasteiger partial charge on any atom is 0.104 e. The van der Waals surface area contributed by atoms with E-state index < -0.39 is 6.10 Å². The molecule has 1 atom stereocenters. The van der Waals surface area contributed by atoms with Crippen LogP contribution in [0.1, 0.15) is 22.8 Å². The van der Waals surface area contributed by atoms with E-state index in [1.54, 1.807) is 6.20 Å². The molecule has 0 saturated heterocycles. The molecule has 0 fully saturated rings. The van der Waals surface area contributed by atoms with Gasteiger partial charge in [0, 0.05) is 16.1 Å². The van der Waals surface area contributed by atoms with E-state index in [2.05, 4.69) is 20.9 Å². The number of halogens is 1. The van der Waals surface area contributed by atoms with Crippen molar-refractivity contribution in [2.24, 2.45) is 0 Å². The van der Waals surface area contributed by atoms with Crippen molar-refractivity contribution in [1.82, 2.24) is 4.98 Å². The summed E-state index contributed by atoms with van der Waals surface area (Å²) in [6, 6.07) is 15.7. The van der Waals surface area contributed by atoms with Gasteiger partial charge in [0.2, 0.25) is 0 Å². The van der Waals surface area contributed by atoms with Crippen LogP contribution in [0.3, 0.4) is 0 Å². The molecule has 3 rings (SSSR count). The fourth-order valence-electron chi connectivity index (χ4n) is 2.24. The maximum atomic E-state index is 10.5. The van der Waals surface area contributed by atoms with Gasteiger partial charge in [0.25, 0.3) is 0 Å². The number of pyridine rings is 1. The molecular weight excluding hydrogens is 314 g/mol. The van der Waals surface area contributed by atoms with Crippen LogP contribution in [0.4, 0.5) is 0 Å². The molecule has 3 heteroatoms. The summed E-state index contributed by atoms with van der Waals surface area (Å²) >= 11 is 3.51. The number of fused-ring (bicyclic) bond motifs is 1. The van der Waals surface area contributed by atoms with E-state index in [9.17, 15) is 5.11 Å². The predicted octanol–water partition coefficient (Wildman–Crippen LogP) is 4.39. The summed E-state index contributed by atoms with van der Waals surface area (Å²) in [4.78, 5) is 4.29. The highest BCUT2D eigenvalue weighted by Crippen LogP contribution is 2.28. The van der Waals surface area contributed by atoms with E-state index in [1.807, 2.05) is 55.5 Å². The van der Waals surface area contributed by atoms with Gasteiger partial charge in [-0.05, 0) is 47.9 Å². The van der Waals surface area contributed by atoms with Gasteiger partial charge in [-0.1, -0.05) is 40.2 Å². The minimum absolute atomic E-state index is 0.628. The fraction of sp³-hybridized carbons (Fsp3) is 0.118. The second-order valence-electron chi connectivity index (χ2n) is 4.87. The molecule has 0 aliphatic carbocycles. The quantitative estimate of drug-likeness (QED) is 0.757. The number of aliphatic hydroxyl groups excluding tert-OH is 1. The zero-order chi connectivity index (χ0) is 14.1. The van der Waals surface area contributed by atoms with Gasteiger partial charge >= 0.3 is 0 Å². The molecule has 20 heavy (non-hydrogen) atoms.